The normalized spacial score (nSPS) is 23.3. The van der Waals surface area contributed by atoms with Gasteiger partial charge in [-0.15, -0.1) is 0 Å². The van der Waals surface area contributed by atoms with Crippen molar-refractivity contribution in [1.29, 1.82) is 0 Å². The zero-order chi connectivity index (χ0) is 17.1. The summed E-state index contributed by atoms with van der Waals surface area (Å²) >= 11 is 3.63. The van der Waals surface area contributed by atoms with Gasteiger partial charge in [0.1, 0.15) is 5.60 Å². The Bertz CT molecular complexity index is 396. The Hall–Kier alpha value is -0.290. The topological polar surface area (TPSA) is 38.8 Å². The number of amides is 1. The molecule has 0 bridgehead atoms. The number of nitrogens with zero attached hydrogens (tertiary/aromatic N) is 1. The Balaban J connectivity index is 1.80. The summed E-state index contributed by atoms with van der Waals surface area (Å²) in [5, 5.41) is 0.833. The fourth-order valence-electron chi connectivity index (χ4n) is 3.19. The molecular formula is C18H32BrNO3. The highest BCUT2D eigenvalue weighted by Gasteiger charge is 2.38. The van der Waals surface area contributed by atoms with Crippen LogP contribution in [0, 0.1) is 11.8 Å². The SMILES string of the molecule is CC(COC1(CBr)CCN(C(=O)OC(C)(C)C)CC1)C1CCC1. The molecule has 2 fully saturated rings. The lowest BCUT2D eigenvalue weighted by molar-refractivity contribution is -0.0870. The van der Waals surface area contributed by atoms with E-state index in [1.807, 2.05) is 25.7 Å². The predicted molar refractivity (Wildman–Crippen MR) is 96.0 cm³/mol. The lowest BCUT2D eigenvalue weighted by Gasteiger charge is -2.42. The summed E-state index contributed by atoms with van der Waals surface area (Å²) in [6.07, 6.45) is 5.63. The Morgan fingerprint density at radius 3 is 2.35 bits per heavy atom. The van der Waals surface area contributed by atoms with Gasteiger partial charge in [0.15, 0.2) is 0 Å². The number of carbonyl (C=O) groups is 1. The van der Waals surface area contributed by atoms with Crippen LogP contribution >= 0.6 is 15.9 Å². The van der Waals surface area contributed by atoms with Crippen LogP contribution in [0.1, 0.15) is 59.8 Å². The van der Waals surface area contributed by atoms with Crippen molar-refractivity contribution in [3.8, 4) is 0 Å². The van der Waals surface area contributed by atoms with Gasteiger partial charge in [0.25, 0.3) is 0 Å². The van der Waals surface area contributed by atoms with Crippen LogP contribution in [0.4, 0.5) is 4.79 Å². The van der Waals surface area contributed by atoms with Gasteiger partial charge in [0.05, 0.1) is 12.2 Å². The molecule has 2 rings (SSSR count). The molecule has 23 heavy (non-hydrogen) atoms. The van der Waals surface area contributed by atoms with Crippen LogP contribution < -0.4 is 0 Å². The highest BCUT2D eigenvalue weighted by molar-refractivity contribution is 9.09. The van der Waals surface area contributed by atoms with Crippen LogP contribution in [-0.4, -0.2) is 47.2 Å². The van der Waals surface area contributed by atoms with Gasteiger partial charge in [-0.1, -0.05) is 42.1 Å². The van der Waals surface area contributed by atoms with Gasteiger partial charge >= 0.3 is 6.09 Å². The molecule has 0 aromatic carbocycles. The number of halogens is 1. The Labute approximate surface area is 149 Å². The third kappa shape index (κ3) is 5.35. The fourth-order valence-corrected chi connectivity index (χ4v) is 3.92. The molecule has 0 spiro atoms. The van der Waals surface area contributed by atoms with Gasteiger partial charge in [-0.25, -0.2) is 4.79 Å². The van der Waals surface area contributed by atoms with E-state index in [9.17, 15) is 4.79 Å². The molecular weight excluding hydrogens is 358 g/mol. The number of piperidine rings is 1. The summed E-state index contributed by atoms with van der Waals surface area (Å²) in [6.45, 7) is 10.3. The van der Waals surface area contributed by atoms with Crippen molar-refractivity contribution in [3.05, 3.63) is 0 Å². The first kappa shape index (κ1) is 19.0. The van der Waals surface area contributed by atoms with Crippen LogP contribution in [0.2, 0.25) is 0 Å². The van der Waals surface area contributed by atoms with E-state index in [1.54, 1.807) is 0 Å². The molecule has 0 aromatic heterocycles. The van der Waals surface area contributed by atoms with Gasteiger partial charge < -0.3 is 14.4 Å². The zero-order valence-electron chi connectivity index (χ0n) is 15.1. The largest absolute Gasteiger partial charge is 0.444 e. The number of ether oxygens (including phenoxy) is 2. The van der Waals surface area contributed by atoms with E-state index in [1.165, 1.54) is 19.3 Å². The van der Waals surface area contributed by atoms with E-state index in [0.29, 0.717) is 19.0 Å². The second-order valence-electron chi connectivity index (χ2n) is 8.26. The van der Waals surface area contributed by atoms with Gasteiger partial charge in [-0.2, -0.15) is 0 Å². The van der Waals surface area contributed by atoms with Gasteiger partial charge in [-0.3, -0.25) is 0 Å². The van der Waals surface area contributed by atoms with E-state index in [4.69, 9.17) is 9.47 Å². The van der Waals surface area contributed by atoms with E-state index >= 15 is 0 Å². The predicted octanol–water partition coefficient (Wildman–Crippen LogP) is 4.60. The Morgan fingerprint density at radius 2 is 1.91 bits per heavy atom. The minimum absolute atomic E-state index is 0.128. The van der Waals surface area contributed by atoms with Gasteiger partial charge in [0.2, 0.25) is 0 Å². The smallest absolute Gasteiger partial charge is 0.410 e. The number of likely N-dealkylation sites (tertiary alicyclic amines) is 1. The molecule has 134 valence electrons. The van der Waals surface area contributed by atoms with E-state index in [-0.39, 0.29) is 11.7 Å². The zero-order valence-corrected chi connectivity index (χ0v) is 16.7. The Morgan fingerprint density at radius 1 is 1.30 bits per heavy atom. The van der Waals surface area contributed by atoms with E-state index < -0.39 is 5.60 Å². The fraction of sp³-hybridized carbons (Fsp3) is 0.944. The maximum absolute atomic E-state index is 12.2. The molecule has 1 amide bonds. The molecule has 1 aliphatic carbocycles. The molecule has 1 atom stereocenters. The van der Waals surface area contributed by atoms with Gasteiger partial charge in [-0.05, 0) is 45.4 Å². The van der Waals surface area contributed by atoms with Gasteiger partial charge in [0, 0.05) is 18.4 Å². The van der Waals surface area contributed by atoms with Crippen LogP contribution in [0.25, 0.3) is 0 Å². The first-order valence-electron chi connectivity index (χ1n) is 8.92. The molecule has 5 heteroatoms. The molecule has 1 heterocycles. The summed E-state index contributed by atoms with van der Waals surface area (Å²) in [4.78, 5) is 14.0. The van der Waals surface area contributed by atoms with Crippen LogP contribution in [0.3, 0.4) is 0 Å². The molecule has 1 saturated carbocycles. The van der Waals surface area contributed by atoms with Crippen molar-refractivity contribution in [3.63, 3.8) is 0 Å². The lowest BCUT2D eigenvalue weighted by atomic mass is 9.77. The third-order valence-corrected chi connectivity index (χ3v) is 6.20. The Kier molecular flexibility index (Phi) is 6.40. The molecule has 4 nitrogen and oxygen atoms in total. The molecule has 0 radical (unpaired) electrons. The maximum Gasteiger partial charge on any atom is 0.410 e. The first-order chi connectivity index (χ1) is 10.7. The highest BCUT2D eigenvalue weighted by Crippen LogP contribution is 2.35. The second kappa shape index (κ2) is 7.73. The number of hydrogen-bond acceptors (Lipinski definition) is 3. The van der Waals surface area contributed by atoms with Crippen LogP contribution in [0.5, 0.6) is 0 Å². The maximum atomic E-state index is 12.2. The molecule has 0 N–H and O–H groups in total. The van der Waals surface area contributed by atoms with E-state index in [2.05, 4.69) is 22.9 Å². The summed E-state index contributed by atoms with van der Waals surface area (Å²) in [6, 6.07) is 0. The lowest BCUT2D eigenvalue weighted by Crippen LogP contribution is -2.50. The first-order valence-corrected chi connectivity index (χ1v) is 10.0. The van der Waals surface area contributed by atoms with Crippen molar-refractivity contribution in [2.45, 2.75) is 71.0 Å². The summed E-state index contributed by atoms with van der Waals surface area (Å²) < 4.78 is 11.8. The molecule has 1 aliphatic heterocycles. The third-order valence-electron chi connectivity index (χ3n) is 5.18. The summed E-state index contributed by atoms with van der Waals surface area (Å²) in [5.74, 6) is 1.49. The van der Waals surface area contributed by atoms with Crippen molar-refractivity contribution < 1.29 is 14.3 Å². The quantitative estimate of drug-likeness (QED) is 0.644. The van der Waals surface area contributed by atoms with Crippen molar-refractivity contribution >= 4 is 22.0 Å². The molecule has 1 saturated heterocycles. The van der Waals surface area contributed by atoms with Crippen molar-refractivity contribution in [1.82, 2.24) is 4.90 Å². The second-order valence-corrected chi connectivity index (χ2v) is 8.82. The molecule has 1 unspecified atom stereocenters. The van der Waals surface area contributed by atoms with Crippen molar-refractivity contribution in [2.24, 2.45) is 11.8 Å². The average Bonchev–Trinajstić information content (AvgIpc) is 2.42. The number of hydrogen-bond donors (Lipinski definition) is 0. The number of alkyl halides is 1. The standard InChI is InChI=1S/C18H32BrNO3/c1-14(15-6-5-7-15)12-22-18(13-19)8-10-20(11-9-18)16(21)23-17(2,3)4/h14-15H,5-13H2,1-4H3. The minimum atomic E-state index is -0.435. The summed E-state index contributed by atoms with van der Waals surface area (Å²) in [5.41, 5.74) is -0.563. The van der Waals surface area contributed by atoms with Crippen LogP contribution in [0.15, 0.2) is 0 Å². The molecule has 0 aromatic rings. The van der Waals surface area contributed by atoms with Crippen molar-refractivity contribution in [2.75, 3.05) is 25.0 Å². The van der Waals surface area contributed by atoms with Crippen LogP contribution in [-0.2, 0) is 9.47 Å². The minimum Gasteiger partial charge on any atom is -0.444 e. The molecule has 2 aliphatic rings. The average molecular weight is 390 g/mol. The monoisotopic (exact) mass is 389 g/mol. The number of carbonyl (C=O) groups excluding carboxylic acids is 1. The highest BCUT2D eigenvalue weighted by atomic mass is 79.9. The summed E-state index contributed by atoms with van der Waals surface area (Å²) in [7, 11) is 0. The number of rotatable bonds is 5. The van der Waals surface area contributed by atoms with E-state index in [0.717, 1.165) is 30.7 Å².